The third-order valence-corrected chi connectivity index (χ3v) is 5.81. The summed E-state index contributed by atoms with van der Waals surface area (Å²) >= 11 is 0. The van der Waals surface area contributed by atoms with Crippen LogP contribution < -0.4 is 22.7 Å². The first-order valence-electron chi connectivity index (χ1n) is 10.4. The topological polar surface area (TPSA) is 137 Å². The molecule has 32 heavy (non-hydrogen) atoms. The van der Waals surface area contributed by atoms with Gasteiger partial charge in [0.25, 0.3) is 5.56 Å². The molecule has 2 atom stereocenters. The summed E-state index contributed by atoms with van der Waals surface area (Å²) in [5, 5.41) is 9.84. The minimum absolute atomic E-state index is 0.0257. The fourth-order valence-corrected chi connectivity index (χ4v) is 4.09. The maximum atomic E-state index is 14.2. The van der Waals surface area contributed by atoms with Gasteiger partial charge in [-0.25, -0.2) is 13.6 Å². The number of carbonyl (C=O) groups excluding carboxylic acids is 1. The second-order valence-corrected chi connectivity index (χ2v) is 7.86. The number of anilines is 1. The highest BCUT2D eigenvalue weighted by molar-refractivity contribution is 6.01. The number of rotatable bonds is 7. The molecule has 3 rings (SSSR count). The van der Waals surface area contributed by atoms with E-state index < -0.39 is 40.9 Å². The summed E-state index contributed by atoms with van der Waals surface area (Å²) in [6, 6.07) is 2.44. The Morgan fingerprint density at radius 1 is 1.25 bits per heavy atom. The minimum atomic E-state index is -1.15. The number of nitrogens with zero attached hydrogens (tertiary/aromatic N) is 3. The normalized spacial score (nSPS) is 18.0. The van der Waals surface area contributed by atoms with E-state index >= 15 is 0 Å². The lowest BCUT2D eigenvalue weighted by atomic mass is 10.00. The van der Waals surface area contributed by atoms with Crippen LogP contribution in [0.25, 0.3) is 0 Å². The van der Waals surface area contributed by atoms with E-state index in [0.29, 0.717) is 19.0 Å². The van der Waals surface area contributed by atoms with Crippen LogP contribution in [-0.2, 0) is 13.1 Å². The van der Waals surface area contributed by atoms with Gasteiger partial charge in [0.1, 0.15) is 29.2 Å². The molecule has 0 amide bonds. The van der Waals surface area contributed by atoms with E-state index in [9.17, 15) is 28.3 Å². The number of nitrogen functional groups attached to an aromatic ring is 1. The molecule has 11 heteroatoms. The molecule has 0 radical (unpaired) electrons. The lowest BCUT2D eigenvalue weighted by Gasteiger charge is -2.36. The number of nitrogens with two attached hydrogens (primary N) is 2. The van der Waals surface area contributed by atoms with Gasteiger partial charge in [-0.15, -0.1) is 0 Å². The lowest BCUT2D eigenvalue weighted by Crippen LogP contribution is -2.52. The molecule has 1 aliphatic heterocycles. The summed E-state index contributed by atoms with van der Waals surface area (Å²) in [6.07, 6.45) is 1.10. The van der Waals surface area contributed by atoms with Crippen LogP contribution in [0, 0.1) is 11.6 Å². The quantitative estimate of drug-likeness (QED) is 0.406. The van der Waals surface area contributed by atoms with Crippen molar-refractivity contribution in [1.82, 2.24) is 14.0 Å². The summed E-state index contributed by atoms with van der Waals surface area (Å²) in [5.41, 5.74) is 9.67. The van der Waals surface area contributed by atoms with Crippen molar-refractivity contribution in [3.05, 3.63) is 61.8 Å². The second-order valence-electron chi connectivity index (χ2n) is 7.86. The Labute approximate surface area is 182 Å². The Kier molecular flexibility index (Phi) is 7.22. The maximum absolute atomic E-state index is 14.2. The molecule has 1 aromatic heterocycles. The molecular formula is C21H27F2N5O4. The zero-order chi connectivity index (χ0) is 23.6. The van der Waals surface area contributed by atoms with Crippen molar-refractivity contribution < 1.29 is 18.7 Å². The molecule has 0 saturated carbocycles. The molecule has 0 bridgehead atoms. The predicted octanol–water partition coefficient (Wildman–Crippen LogP) is 0.253. The standard InChI is InChI=1S/C21H27F2N5O4/c1-2-27-20(31)17(16(29)11-26-8-4-3-5-15(26)19(25)30)18(24)28(21(27)32)10-12-6-7-13(22)9-14(12)23/h6-7,9,15,19,30H,2-5,8,10-11,24-25H2,1H3. The molecule has 9 nitrogen and oxygen atoms in total. The molecular weight excluding hydrogens is 424 g/mol. The van der Waals surface area contributed by atoms with Crippen LogP contribution in [0.15, 0.2) is 27.8 Å². The summed E-state index contributed by atoms with van der Waals surface area (Å²) < 4.78 is 29.2. The SMILES string of the molecule is CCn1c(=O)c(C(=O)CN2CCCCC2C(N)O)c(N)n(Cc2ccc(F)cc2F)c1=O. The predicted molar refractivity (Wildman–Crippen MR) is 114 cm³/mol. The number of hydrogen-bond donors (Lipinski definition) is 3. The first-order chi connectivity index (χ1) is 15.1. The number of aromatic nitrogens is 2. The monoisotopic (exact) mass is 451 g/mol. The van der Waals surface area contributed by atoms with Crippen molar-refractivity contribution in [2.45, 2.75) is 51.5 Å². The van der Waals surface area contributed by atoms with E-state index in [1.54, 1.807) is 11.8 Å². The van der Waals surface area contributed by atoms with Crippen LogP contribution in [0.5, 0.6) is 0 Å². The first-order valence-corrected chi connectivity index (χ1v) is 10.4. The van der Waals surface area contributed by atoms with E-state index in [1.807, 2.05) is 0 Å². The molecule has 0 aliphatic carbocycles. The first kappa shape index (κ1) is 23.8. The van der Waals surface area contributed by atoms with Gasteiger partial charge in [-0.05, 0) is 32.4 Å². The Balaban J connectivity index is 2.04. The highest BCUT2D eigenvalue weighted by atomic mass is 19.1. The van der Waals surface area contributed by atoms with Crippen molar-refractivity contribution in [3.63, 3.8) is 0 Å². The fourth-order valence-electron chi connectivity index (χ4n) is 4.09. The number of aliphatic hydroxyl groups is 1. The average Bonchev–Trinajstić information content (AvgIpc) is 2.73. The van der Waals surface area contributed by atoms with Crippen LogP contribution in [0.3, 0.4) is 0 Å². The Bertz CT molecular complexity index is 1130. The molecule has 5 N–H and O–H groups in total. The van der Waals surface area contributed by atoms with Gasteiger partial charge >= 0.3 is 5.69 Å². The van der Waals surface area contributed by atoms with E-state index in [4.69, 9.17) is 11.5 Å². The molecule has 1 aliphatic rings. The molecule has 2 aromatic rings. The van der Waals surface area contributed by atoms with Gasteiger partial charge in [0, 0.05) is 24.2 Å². The van der Waals surface area contributed by atoms with Gasteiger partial charge < -0.3 is 16.6 Å². The van der Waals surface area contributed by atoms with Gasteiger partial charge in [-0.1, -0.05) is 12.5 Å². The maximum Gasteiger partial charge on any atom is 0.332 e. The van der Waals surface area contributed by atoms with Crippen LogP contribution >= 0.6 is 0 Å². The van der Waals surface area contributed by atoms with Crippen LogP contribution in [0.4, 0.5) is 14.6 Å². The molecule has 0 spiro atoms. The summed E-state index contributed by atoms with van der Waals surface area (Å²) in [7, 11) is 0. The third-order valence-electron chi connectivity index (χ3n) is 5.81. The summed E-state index contributed by atoms with van der Waals surface area (Å²) in [5.74, 6) is -2.68. The highest BCUT2D eigenvalue weighted by Gasteiger charge is 2.31. The van der Waals surface area contributed by atoms with Gasteiger partial charge in [-0.3, -0.25) is 23.6 Å². The fraction of sp³-hybridized carbons (Fsp3) is 0.476. The van der Waals surface area contributed by atoms with Gasteiger partial charge in [0.15, 0.2) is 5.78 Å². The van der Waals surface area contributed by atoms with Crippen LogP contribution in [0.1, 0.15) is 42.1 Å². The van der Waals surface area contributed by atoms with Crippen molar-refractivity contribution in [3.8, 4) is 0 Å². The van der Waals surface area contributed by atoms with Crippen molar-refractivity contribution in [1.29, 1.82) is 0 Å². The molecule has 174 valence electrons. The Morgan fingerprint density at radius 3 is 2.59 bits per heavy atom. The number of carbonyl (C=O) groups is 1. The highest BCUT2D eigenvalue weighted by Crippen LogP contribution is 2.20. The van der Waals surface area contributed by atoms with E-state index in [-0.39, 0.29) is 36.6 Å². The van der Waals surface area contributed by atoms with E-state index in [1.165, 1.54) is 6.07 Å². The smallest absolute Gasteiger partial charge is 0.332 e. The molecule has 1 aromatic carbocycles. The van der Waals surface area contributed by atoms with Gasteiger partial charge in [0.2, 0.25) is 0 Å². The largest absolute Gasteiger partial charge is 0.384 e. The molecule has 1 fully saturated rings. The van der Waals surface area contributed by atoms with Crippen LogP contribution in [0.2, 0.25) is 0 Å². The van der Waals surface area contributed by atoms with Gasteiger partial charge in [0.05, 0.1) is 13.1 Å². The average molecular weight is 451 g/mol. The van der Waals surface area contributed by atoms with Crippen molar-refractivity contribution in [2.24, 2.45) is 5.73 Å². The zero-order valence-electron chi connectivity index (χ0n) is 17.8. The van der Waals surface area contributed by atoms with E-state index in [2.05, 4.69) is 0 Å². The summed E-state index contributed by atoms with van der Waals surface area (Å²) in [6.45, 7) is 1.43. The minimum Gasteiger partial charge on any atom is -0.384 e. The number of Topliss-reactive ketones (excluding diaryl/α,β-unsaturated/α-hetero) is 1. The number of likely N-dealkylation sites (tertiary alicyclic amines) is 1. The molecule has 2 heterocycles. The van der Waals surface area contributed by atoms with Crippen molar-refractivity contribution >= 4 is 11.6 Å². The zero-order valence-corrected chi connectivity index (χ0v) is 17.8. The number of benzene rings is 1. The third kappa shape index (κ3) is 4.64. The van der Waals surface area contributed by atoms with Gasteiger partial charge in [-0.2, -0.15) is 0 Å². The number of hydrogen-bond acceptors (Lipinski definition) is 7. The number of piperidine rings is 1. The number of ketones is 1. The van der Waals surface area contributed by atoms with Crippen LogP contribution in [-0.4, -0.2) is 50.3 Å². The summed E-state index contributed by atoms with van der Waals surface area (Å²) in [4.78, 5) is 40.5. The van der Waals surface area contributed by atoms with E-state index in [0.717, 1.165) is 28.0 Å². The molecule has 1 saturated heterocycles. The number of aliphatic hydroxyl groups excluding tert-OH is 1. The number of halogens is 2. The van der Waals surface area contributed by atoms with Crippen molar-refractivity contribution in [2.75, 3.05) is 18.8 Å². The Hall–Kier alpha value is -2.89. The second kappa shape index (κ2) is 9.72. The Morgan fingerprint density at radius 2 is 1.97 bits per heavy atom. The lowest BCUT2D eigenvalue weighted by molar-refractivity contribution is 0.0298. The molecule has 2 unspecified atom stereocenters.